The maximum absolute atomic E-state index is 2.36. The Morgan fingerprint density at radius 3 is 1.14 bits per heavy atom. The molecular weight excluding hydrogens is 168 g/mol. The minimum atomic E-state index is 0.808. The summed E-state index contributed by atoms with van der Waals surface area (Å²) in [4.78, 5) is 0. The Balaban J connectivity index is 3.64. The van der Waals surface area contributed by atoms with Crippen molar-refractivity contribution in [3.8, 4) is 0 Å². The van der Waals surface area contributed by atoms with Gasteiger partial charge in [0.15, 0.2) is 0 Å². The van der Waals surface area contributed by atoms with Crippen molar-refractivity contribution in [2.45, 2.75) is 54.4 Å². The fraction of sp³-hybridized carbons (Fsp3) is 0.857. The SMILES string of the molecule is CC(C)C(C)C/C=C/CC(C)C(C)C. The van der Waals surface area contributed by atoms with Crippen LogP contribution in [0.3, 0.4) is 0 Å². The van der Waals surface area contributed by atoms with Gasteiger partial charge in [-0.3, -0.25) is 0 Å². The Bertz CT molecular complexity index is 135. The molecular formula is C14H28. The highest BCUT2D eigenvalue weighted by molar-refractivity contribution is 4.85. The summed E-state index contributed by atoms with van der Waals surface area (Å²) in [6.07, 6.45) is 7.21. The van der Waals surface area contributed by atoms with Crippen LogP contribution in [0.5, 0.6) is 0 Å². The van der Waals surface area contributed by atoms with Gasteiger partial charge in [-0.1, -0.05) is 53.7 Å². The average molecular weight is 196 g/mol. The molecule has 0 aliphatic heterocycles. The normalized spacial score (nSPS) is 16.9. The van der Waals surface area contributed by atoms with Gasteiger partial charge in [0.1, 0.15) is 0 Å². The van der Waals surface area contributed by atoms with Crippen LogP contribution in [0.1, 0.15) is 54.4 Å². The van der Waals surface area contributed by atoms with Crippen LogP contribution in [-0.2, 0) is 0 Å². The van der Waals surface area contributed by atoms with Crippen molar-refractivity contribution in [3.05, 3.63) is 12.2 Å². The molecule has 0 bridgehead atoms. The van der Waals surface area contributed by atoms with E-state index in [0.717, 1.165) is 23.7 Å². The predicted molar refractivity (Wildman–Crippen MR) is 66.4 cm³/mol. The van der Waals surface area contributed by atoms with Crippen molar-refractivity contribution >= 4 is 0 Å². The Kier molecular flexibility index (Phi) is 6.96. The molecule has 0 N–H and O–H groups in total. The first-order valence-electron chi connectivity index (χ1n) is 6.10. The second kappa shape index (κ2) is 7.09. The molecule has 0 radical (unpaired) electrons. The maximum Gasteiger partial charge on any atom is -0.0322 e. The number of allylic oxidation sites excluding steroid dienone is 2. The minimum absolute atomic E-state index is 0.808. The molecule has 0 heteroatoms. The second-order valence-corrected chi connectivity index (χ2v) is 5.39. The van der Waals surface area contributed by atoms with Gasteiger partial charge in [-0.15, -0.1) is 0 Å². The van der Waals surface area contributed by atoms with Crippen LogP contribution < -0.4 is 0 Å². The van der Waals surface area contributed by atoms with Gasteiger partial charge in [0.05, 0.1) is 0 Å². The molecule has 0 spiro atoms. The van der Waals surface area contributed by atoms with Crippen molar-refractivity contribution < 1.29 is 0 Å². The summed E-state index contributed by atoms with van der Waals surface area (Å²) in [5.74, 6) is 3.26. The highest BCUT2D eigenvalue weighted by Gasteiger charge is 2.05. The van der Waals surface area contributed by atoms with E-state index in [2.05, 4.69) is 53.7 Å². The van der Waals surface area contributed by atoms with Gasteiger partial charge in [-0.25, -0.2) is 0 Å². The monoisotopic (exact) mass is 196 g/mol. The zero-order valence-electron chi connectivity index (χ0n) is 10.9. The fourth-order valence-corrected chi connectivity index (χ4v) is 1.17. The lowest BCUT2D eigenvalue weighted by atomic mass is 9.92. The zero-order valence-corrected chi connectivity index (χ0v) is 10.9. The van der Waals surface area contributed by atoms with E-state index < -0.39 is 0 Å². The van der Waals surface area contributed by atoms with E-state index in [-0.39, 0.29) is 0 Å². The summed E-state index contributed by atoms with van der Waals surface area (Å²) in [7, 11) is 0. The first-order chi connectivity index (χ1) is 6.45. The van der Waals surface area contributed by atoms with Gasteiger partial charge in [-0.05, 0) is 36.5 Å². The number of hydrogen-bond donors (Lipinski definition) is 0. The average Bonchev–Trinajstić information content (AvgIpc) is 2.11. The smallest absolute Gasteiger partial charge is 0.0322 e. The minimum Gasteiger partial charge on any atom is -0.0883 e. The molecule has 0 aliphatic carbocycles. The summed E-state index contributed by atoms with van der Waals surface area (Å²) in [5.41, 5.74) is 0. The summed E-state index contributed by atoms with van der Waals surface area (Å²) in [5, 5.41) is 0. The van der Waals surface area contributed by atoms with Gasteiger partial charge in [-0.2, -0.15) is 0 Å². The van der Waals surface area contributed by atoms with Gasteiger partial charge in [0, 0.05) is 0 Å². The summed E-state index contributed by atoms with van der Waals surface area (Å²) in [6.45, 7) is 13.9. The molecule has 0 amide bonds. The van der Waals surface area contributed by atoms with E-state index in [1.165, 1.54) is 12.8 Å². The fourth-order valence-electron chi connectivity index (χ4n) is 1.17. The molecule has 0 aromatic carbocycles. The van der Waals surface area contributed by atoms with Gasteiger partial charge >= 0.3 is 0 Å². The Hall–Kier alpha value is -0.260. The second-order valence-electron chi connectivity index (χ2n) is 5.39. The summed E-state index contributed by atoms with van der Waals surface area (Å²) >= 11 is 0. The molecule has 0 saturated heterocycles. The molecule has 2 unspecified atom stereocenters. The van der Waals surface area contributed by atoms with Gasteiger partial charge < -0.3 is 0 Å². The Labute approximate surface area is 90.8 Å². The molecule has 0 heterocycles. The third kappa shape index (κ3) is 6.23. The van der Waals surface area contributed by atoms with Crippen molar-refractivity contribution in [2.24, 2.45) is 23.7 Å². The van der Waals surface area contributed by atoms with Crippen LogP contribution >= 0.6 is 0 Å². The van der Waals surface area contributed by atoms with Gasteiger partial charge in [0.2, 0.25) is 0 Å². The molecule has 0 aliphatic rings. The molecule has 14 heavy (non-hydrogen) atoms. The molecule has 0 aromatic heterocycles. The lowest BCUT2D eigenvalue weighted by Gasteiger charge is -2.14. The largest absolute Gasteiger partial charge is 0.0883 e. The van der Waals surface area contributed by atoms with E-state index >= 15 is 0 Å². The van der Waals surface area contributed by atoms with Crippen LogP contribution in [-0.4, -0.2) is 0 Å². The van der Waals surface area contributed by atoms with Crippen molar-refractivity contribution in [1.82, 2.24) is 0 Å². The molecule has 0 nitrogen and oxygen atoms in total. The highest BCUT2D eigenvalue weighted by Crippen LogP contribution is 2.17. The topological polar surface area (TPSA) is 0 Å². The quantitative estimate of drug-likeness (QED) is 0.530. The Morgan fingerprint density at radius 2 is 0.929 bits per heavy atom. The number of rotatable bonds is 6. The van der Waals surface area contributed by atoms with E-state index in [0.29, 0.717) is 0 Å². The molecule has 84 valence electrons. The third-order valence-electron chi connectivity index (χ3n) is 3.46. The van der Waals surface area contributed by atoms with Crippen molar-refractivity contribution in [2.75, 3.05) is 0 Å². The van der Waals surface area contributed by atoms with E-state index in [9.17, 15) is 0 Å². The van der Waals surface area contributed by atoms with E-state index in [4.69, 9.17) is 0 Å². The predicted octanol–water partition coefficient (Wildman–Crippen LogP) is 4.91. The lowest BCUT2D eigenvalue weighted by molar-refractivity contribution is 0.415. The molecule has 0 fully saturated rings. The van der Waals surface area contributed by atoms with Crippen LogP contribution in [0.15, 0.2) is 12.2 Å². The van der Waals surface area contributed by atoms with Crippen molar-refractivity contribution in [3.63, 3.8) is 0 Å². The molecule has 0 saturated carbocycles. The van der Waals surface area contributed by atoms with Crippen LogP contribution in [0.2, 0.25) is 0 Å². The highest BCUT2D eigenvalue weighted by atomic mass is 14.1. The van der Waals surface area contributed by atoms with Gasteiger partial charge in [0.25, 0.3) is 0 Å². The van der Waals surface area contributed by atoms with E-state index in [1.807, 2.05) is 0 Å². The molecule has 2 atom stereocenters. The number of hydrogen-bond acceptors (Lipinski definition) is 0. The first-order valence-corrected chi connectivity index (χ1v) is 6.10. The van der Waals surface area contributed by atoms with Crippen molar-refractivity contribution in [1.29, 1.82) is 0 Å². The van der Waals surface area contributed by atoms with E-state index in [1.54, 1.807) is 0 Å². The van der Waals surface area contributed by atoms with Crippen LogP contribution in [0.4, 0.5) is 0 Å². The molecule has 0 aromatic rings. The maximum atomic E-state index is 2.36. The third-order valence-corrected chi connectivity index (χ3v) is 3.46. The lowest BCUT2D eigenvalue weighted by Crippen LogP contribution is -2.03. The summed E-state index contributed by atoms with van der Waals surface area (Å²) in [6, 6.07) is 0. The molecule has 0 rings (SSSR count). The Morgan fingerprint density at radius 1 is 0.643 bits per heavy atom. The van der Waals surface area contributed by atoms with Crippen LogP contribution in [0, 0.1) is 23.7 Å². The summed E-state index contributed by atoms with van der Waals surface area (Å²) < 4.78 is 0. The zero-order chi connectivity index (χ0) is 11.1. The van der Waals surface area contributed by atoms with Crippen LogP contribution in [0.25, 0.3) is 0 Å². The standard InChI is InChI=1S/C14H28/c1-11(2)13(5)9-7-8-10-14(6)12(3)4/h7-8,11-14H,9-10H2,1-6H3/b8-7+. The first kappa shape index (κ1) is 13.7.